The zero-order valence-electron chi connectivity index (χ0n) is 47.9. The number of aromatic hydroxyl groups is 1. The van der Waals surface area contributed by atoms with Gasteiger partial charge < -0.3 is 37.8 Å². The SMILES string of the molecule is O=C(C[C@@H](c1ccc(OCCCCBr)cc1)c1ccon1)N1C(=O)OC[C@@H]1Cc1ccccc1.O=C(C[C@@H](c1ccc(OCCCCOc2ccc(C(F)(F)F)cc2)cc1)c1ccon1)N1C(=O)OC[C@@H]1Cc1ccccc1.Oc1ccc(C(F)(F)F)cc1. The topological polar surface area (TPSA) is 193 Å². The van der Waals surface area contributed by atoms with Gasteiger partial charge >= 0.3 is 24.5 Å². The van der Waals surface area contributed by atoms with Gasteiger partial charge in [0.1, 0.15) is 48.7 Å². The van der Waals surface area contributed by atoms with Gasteiger partial charge in [0.05, 0.1) is 54.4 Å². The lowest BCUT2D eigenvalue weighted by Gasteiger charge is -2.22. The van der Waals surface area contributed by atoms with E-state index in [1.807, 2.05) is 97.1 Å². The minimum Gasteiger partial charge on any atom is -0.508 e. The number of phenols is 1. The summed E-state index contributed by atoms with van der Waals surface area (Å²) >= 11 is 3.42. The Morgan fingerprint density at radius 1 is 0.517 bits per heavy atom. The van der Waals surface area contributed by atoms with Crippen molar-refractivity contribution in [2.45, 2.75) is 87.6 Å². The first-order valence-corrected chi connectivity index (χ1v) is 29.6. The summed E-state index contributed by atoms with van der Waals surface area (Å²) in [5, 5.41) is 17.7. The van der Waals surface area contributed by atoms with E-state index >= 15 is 0 Å². The van der Waals surface area contributed by atoms with E-state index in [1.54, 1.807) is 24.3 Å². The number of hydrogen-bond acceptors (Lipinski definition) is 14. The van der Waals surface area contributed by atoms with Gasteiger partial charge in [-0.25, -0.2) is 19.4 Å². The number of phenolic OH excluding ortho intramolecular Hbond substituents is 1. The van der Waals surface area contributed by atoms with Crippen molar-refractivity contribution in [1.82, 2.24) is 20.1 Å². The summed E-state index contributed by atoms with van der Waals surface area (Å²) in [7, 11) is 0. The second-order valence-corrected chi connectivity index (χ2v) is 21.4. The number of nitrogens with zero attached hydrogens (tertiary/aromatic N) is 4. The van der Waals surface area contributed by atoms with Crippen LogP contribution >= 0.6 is 15.9 Å². The fraction of sp³-hybridized carbons (Fsp3) is 0.303. The van der Waals surface area contributed by atoms with Gasteiger partial charge in [-0.15, -0.1) is 0 Å². The maximum absolute atomic E-state index is 13.5. The zero-order valence-corrected chi connectivity index (χ0v) is 49.5. The number of unbranched alkanes of at least 4 members (excludes halogenated alkanes) is 2. The highest BCUT2D eigenvalue weighted by Crippen LogP contribution is 2.35. The first-order chi connectivity index (χ1) is 42.9. The number of amides is 4. The largest absolute Gasteiger partial charge is 0.508 e. The van der Waals surface area contributed by atoms with Crippen LogP contribution < -0.4 is 14.2 Å². The van der Waals surface area contributed by atoms with Gasteiger partial charge in [0.25, 0.3) is 0 Å². The summed E-state index contributed by atoms with van der Waals surface area (Å²) in [5.74, 6) is 0.138. The number of hydrogen-bond donors (Lipinski definition) is 1. The zero-order chi connectivity index (χ0) is 63.2. The third kappa shape index (κ3) is 19.7. The summed E-state index contributed by atoms with van der Waals surface area (Å²) in [6.45, 7) is 1.74. The third-order valence-corrected chi connectivity index (χ3v) is 14.8. The summed E-state index contributed by atoms with van der Waals surface area (Å²) in [6, 6.07) is 45.3. The highest BCUT2D eigenvalue weighted by atomic mass is 79.9. The van der Waals surface area contributed by atoms with Crippen molar-refractivity contribution in [3.8, 4) is 23.0 Å². The smallest absolute Gasteiger partial charge is 0.416 e. The van der Waals surface area contributed by atoms with Crippen molar-refractivity contribution in [2.75, 3.05) is 38.4 Å². The highest BCUT2D eigenvalue weighted by molar-refractivity contribution is 9.09. The van der Waals surface area contributed by atoms with Gasteiger partial charge in [0.2, 0.25) is 11.8 Å². The van der Waals surface area contributed by atoms with Crippen molar-refractivity contribution in [2.24, 2.45) is 0 Å². The predicted molar refractivity (Wildman–Crippen MR) is 316 cm³/mol. The van der Waals surface area contributed by atoms with Gasteiger partial charge in [-0.3, -0.25) is 9.59 Å². The molecule has 0 saturated carbocycles. The Labute approximate surface area is 517 Å². The lowest BCUT2D eigenvalue weighted by atomic mass is 9.91. The van der Waals surface area contributed by atoms with Crippen LogP contribution in [-0.2, 0) is 44.3 Å². The van der Waals surface area contributed by atoms with E-state index in [1.165, 1.54) is 34.5 Å². The molecule has 468 valence electrons. The van der Waals surface area contributed by atoms with Gasteiger partial charge in [-0.05, 0) is 134 Å². The monoisotopic (exact) mass is 1300 g/mol. The second kappa shape index (κ2) is 32.2. The number of halogens is 7. The van der Waals surface area contributed by atoms with E-state index < -0.39 is 47.6 Å². The molecule has 0 radical (unpaired) electrons. The summed E-state index contributed by atoms with van der Waals surface area (Å²) in [4.78, 5) is 54.2. The van der Waals surface area contributed by atoms with E-state index in [0.29, 0.717) is 68.4 Å². The molecule has 16 nitrogen and oxygen atoms in total. The minimum absolute atomic E-state index is 0.00788. The van der Waals surface area contributed by atoms with Crippen LogP contribution in [0.2, 0.25) is 0 Å². The molecule has 2 aromatic heterocycles. The quantitative estimate of drug-likeness (QED) is 0.0341. The van der Waals surface area contributed by atoms with E-state index in [-0.39, 0.29) is 55.6 Å². The van der Waals surface area contributed by atoms with E-state index in [4.69, 9.17) is 37.8 Å². The number of imide groups is 2. The van der Waals surface area contributed by atoms with E-state index in [0.717, 1.165) is 82.6 Å². The van der Waals surface area contributed by atoms with E-state index in [9.17, 15) is 45.5 Å². The Hall–Kier alpha value is -9.12. The first kappa shape index (κ1) is 65.8. The average molecular weight is 1300 g/mol. The van der Waals surface area contributed by atoms with E-state index in [2.05, 4.69) is 26.2 Å². The molecule has 4 heterocycles. The molecule has 4 amide bonds. The maximum Gasteiger partial charge on any atom is 0.416 e. The Kier molecular flexibility index (Phi) is 23.8. The molecule has 8 aromatic rings. The molecule has 89 heavy (non-hydrogen) atoms. The van der Waals surface area contributed by atoms with Crippen molar-refractivity contribution in [3.63, 3.8) is 0 Å². The number of benzene rings is 6. The number of carbonyl (C=O) groups is 4. The molecule has 2 saturated heterocycles. The van der Waals surface area contributed by atoms with Crippen molar-refractivity contribution >= 4 is 39.9 Å². The molecule has 2 fully saturated rings. The molecular weight excluding hydrogens is 1230 g/mol. The molecule has 2 aliphatic heterocycles. The molecule has 1 N–H and O–H groups in total. The fourth-order valence-corrected chi connectivity index (χ4v) is 10.1. The summed E-state index contributed by atoms with van der Waals surface area (Å²) in [5.41, 5.74) is 3.47. The molecule has 0 unspecified atom stereocenters. The van der Waals surface area contributed by atoms with Crippen LogP contribution in [0, 0.1) is 0 Å². The number of rotatable bonds is 24. The van der Waals surface area contributed by atoms with Gasteiger partial charge in [0.15, 0.2) is 0 Å². The number of ether oxygens (including phenoxy) is 5. The molecular formula is C66H63BrF6N4O12. The molecule has 0 aliphatic carbocycles. The van der Waals surface area contributed by atoms with Gasteiger partial charge in [-0.2, -0.15) is 26.3 Å². The normalized spacial score (nSPS) is 15.4. The minimum atomic E-state index is -4.38. The van der Waals surface area contributed by atoms with Crippen molar-refractivity contribution in [1.29, 1.82) is 0 Å². The fourth-order valence-electron chi connectivity index (χ4n) is 9.69. The Morgan fingerprint density at radius 3 is 1.22 bits per heavy atom. The van der Waals surface area contributed by atoms with Gasteiger partial charge in [0, 0.05) is 42.1 Å². The molecule has 10 rings (SSSR count). The maximum atomic E-state index is 13.5. The van der Waals surface area contributed by atoms with Crippen LogP contribution in [0.25, 0.3) is 0 Å². The Bertz CT molecular complexity index is 3440. The van der Waals surface area contributed by atoms with Crippen LogP contribution in [0.3, 0.4) is 0 Å². The molecule has 23 heteroatoms. The van der Waals surface area contributed by atoms with Crippen LogP contribution in [0.1, 0.15) is 95.1 Å². The van der Waals surface area contributed by atoms with Crippen LogP contribution in [0.15, 0.2) is 191 Å². The number of carbonyl (C=O) groups excluding carboxylic acids is 4. The number of cyclic esters (lactones) is 2. The first-order valence-electron chi connectivity index (χ1n) is 28.5. The highest BCUT2D eigenvalue weighted by Gasteiger charge is 2.41. The predicted octanol–water partition coefficient (Wildman–Crippen LogP) is 14.8. The number of alkyl halides is 7. The summed E-state index contributed by atoms with van der Waals surface area (Å²) < 4.78 is 111. The standard InChI is InChI=1S/C33H31F3N2O6.C26H27BrN2O5.C7H5F3O/c34-33(35,36)25-10-14-28(15-11-25)42-18-5-4-17-41-27-12-8-24(9-13-27)29(30-16-19-44-37-30)21-31(39)38-26(22-43-32(38)40)20-23-6-2-1-3-7-23;27-13-4-5-14-32-22-10-8-20(9-11-22)23(24-12-15-34-28-24)17-25(30)29-21(18-33-26(29)31)16-19-6-2-1-3-7-19;8-7(9,10)5-1-3-6(11)4-2-5/h1-3,6-16,19,26,29H,4-5,17-18,20-22H2;1-3,6-12,15,21,23H,4-5,13-14,16-18H2;1-4,11H/t26-,29-;21-,23-;/m00./s1. The lowest BCUT2D eigenvalue weighted by molar-refractivity contribution is -0.138. The van der Waals surface area contributed by atoms with Crippen LogP contribution in [0.5, 0.6) is 23.0 Å². The average Bonchev–Trinajstić information content (AvgIpc) is 2.30. The second-order valence-electron chi connectivity index (χ2n) is 20.6. The van der Waals surface area contributed by atoms with Crippen LogP contribution in [-0.4, -0.2) is 99.7 Å². The summed E-state index contributed by atoms with van der Waals surface area (Å²) in [6.07, 6.45) is -2.57. The molecule has 2 aliphatic rings. The Balaban J connectivity index is 0.000000201. The van der Waals surface area contributed by atoms with Crippen LogP contribution in [0.4, 0.5) is 35.9 Å². The van der Waals surface area contributed by atoms with Crippen molar-refractivity contribution in [3.05, 3.63) is 227 Å². The molecule has 4 atom stereocenters. The Morgan fingerprint density at radius 2 is 0.876 bits per heavy atom. The third-order valence-electron chi connectivity index (χ3n) is 14.3. The molecule has 0 bridgehead atoms. The molecule has 6 aromatic carbocycles. The lowest BCUT2D eigenvalue weighted by Crippen LogP contribution is -2.40. The van der Waals surface area contributed by atoms with Crippen molar-refractivity contribution < 1.29 is 83.4 Å². The molecule has 0 spiro atoms. The van der Waals surface area contributed by atoms with Gasteiger partial charge in [-0.1, -0.05) is 111 Å². The number of aromatic nitrogens is 2.